The molecule has 0 bridgehead atoms. The van der Waals surface area contributed by atoms with Crippen LogP contribution in [0.2, 0.25) is 0 Å². The van der Waals surface area contributed by atoms with Crippen molar-refractivity contribution in [1.82, 2.24) is 4.90 Å². The molecule has 2 rings (SSSR count). The van der Waals surface area contributed by atoms with Gasteiger partial charge in [-0.2, -0.15) is 0 Å². The lowest BCUT2D eigenvalue weighted by atomic mass is 10.1. The van der Waals surface area contributed by atoms with Crippen LogP contribution >= 0.6 is 11.3 Å². The number of fused-ring (bicyclic) bond motifs is 1. The molecule has 1 aromatic carbocycles. The molecular formula is C14H14FNO3S. The maximum Gasteiger partial charge on any atom is 0.308 e. The predicted molar refractivity (Wildman–Crippen MR) is 75.5 cm³/mol. The minimum absolute atomic E-state index is 0.116. The Morgan fingerprint density at radius 3 is 2.75 bits per heavy atom. The fourth-order valence-corrected chi connectivity index (χ4v) is 2.96. The first-order valence-corrected chi connectivity index (χ1v) is 6.88. The monoisotopic (exact) mass is 295 g/mol. The van der Waals surface area contributed by atoms with Gasteiger partial charge in [0.25, 0.3) is 5.91 Å². The number of nitrogens with zero attached hydrogens (tertiary/aromatic N) is 1. The van der Waals surface area contributed by atoms with Crippen LogP contribution in [-0.2, 0) is 4.79 Å². The Hall–Kier alpha value is -1.95. The summed E-state index contributed by atoms with van der Waals surface area (Å²) in [5, 5.41) is 9.27. The molecule has 1 amide bonds. The molecule has 0 radical (unpaired) electrons. The van der Waals surface area contributed by atoms with Crippen LogP contribution in [0, 0.1) is 11.7 Å². The van der Waals surface area contributed by atoms with Gasteiger partial charge in [-0.1, -0.05) is 13.0 Å². The van der Waals surface area contributed by atoms with Crippen molar-refractivity contribution < 1.29 is 19.1 Å². The number of hydrogen-bond donors (Lipinski definition) is 1. The molecule has 106 valence electrons. The lowest BCUT2D eigenvalue weighted by Gasteiger charge is -2.18. The Bertz CT molecular complexity index is 667. The number of carboxylic acids is 1. The maximum atomic E-state index is 13.6. The van der Waals surface area contributed by atoms with Crippen molar-refractivity contribution in [1.29, 1.82) is 0 Å². The second-order valence-electron chi connectivity index (χ2n) is 4.69. The van der Waals surface area contributed by atoms with E-state index in [1.807, 2.05) is 0 Å². The summed E-state index contributed by atoms with van der Waals surface area (Å²) in [7, 11) is 1.54. The van der Waals surface area contributed by atoms with Gasteiger partial charge >= 0.3 is 5.97 Å². The second-order valence-corrected chi connectivity index (χ2v) is 5.77. The SMILES string of the molecule is CC(CN(C)C(=O)c1cc2c(F)cccc2s1)C(=O)O. The van der Waals surface area contributed by atoms with Gasteiger partial charge in [0, 0.05) is 23.7 Å². The van der Waals surface area contributed by atoms with E-state index < -0.39 is 11.9 Å². The topological polar surface area (TPSA) is 57.6 Å². The van der Waals surface area contributed by atoms with Gasteiger partial charge in [-0.15, -0.1) is 11.3 Å². The molecular weight excluding hydrogens is 281 g/mol. The molecule has 2 aromatic rings. The van der Waals surface area contributed by atoms with E-state index in [1.165, 1.54) is 35.3 Å². The Morgan fingerprint density at radius 2 is 2.15 bits per heavy atom. The lowest BCUT2D eigenvalue weighted by Crippen LogP contribution is -2.33. The van der Waals surface area contributed by atoms with Gasteiger partial charge in [0.05, 0.1) is 10.8 Å². The molecule has 0 aliphatic rings. The highest BCUT2D eigenvalue weighted by Crippen LogP contribution is 2.28. The number of carbonyl (C=O) groups excluding carboxylic acids is 1. The van der Waals surface area contributed by atoms with Crippen molar-refractivity contribution in [3.8, 4) is 0 Å². The first-order chi connectivity index (χ1) is 9.40. The zero-order valence-corrected chi connectivity index (χ0v) is 11.9. The third kappa shape index (κ3) is 2.80. The number of carbonyl (C=O) groups is 2. The van der Waals surface area contributed by atoms with E-state index in [1.54, 1.807) is 19.2 Å². The molecule has 6 heteroatoms. The molecule has 0 spiro atoms. The number of hydrogen-bond acceptors (Lipinski definition) is 3. The molecule has 1 unspecified atom stereocenters. The van der Waals surface area contributed by atoms with E-state index in [4.69, 9.17) is 5.11 Å². The van der Waals surface area contributed by atoms with E-state index in [0.717, 1.165) is 0 Å². The minimum atomic E-state index is -0.952. The Balaban J connectivity index is 2.23. The molecule has 4 nitrogen and oxygen atoms in total. The summed E-state index contributed by atoms with van der Waals surface area (Å²) in [4.78, 5) is 24.8. The molecule has 0 aliphatic carbocycles. The van der Waals surface area contributed by atoms with Crippen LogP contribution in [-0.4, -0.2) is 35.5 Å². The lowest BCUT2D eigenvalue weighted by molar-refractivity contribution is -0.141. The molecule has 0 fully saturated rings. The van der Waals surface area contributed by atoms with Gasteiger partial charge in [-0.25, -0.2) is 4.39 Å². The van der Waals surface area contributed by atoms with Gasteiger partial charge in [0.2, 0.25) is 0 Å². The van der Waals surface area contributed by atoms with Crippen molar-refractivity contribution in [2.45, 2.75) is 6.92 Å². The summed E-state index contributed by atoms with van der Waals surface area (Å²) in [6, 6.07) is 6.21. The Kier molecular flexibility index (Phi) is 4.04. The number of halogens is 1. The van der Waals surface area contributed by atoms with Gasteiger partial charge in [-0.3, -0.25) is 9.59 Å². The number of carboxylic acid groups (broad SMARTS) is 1. The van der Waals surface area contributed by atoms with Crippen LogP contribution < -0.4 is 0 Å². The average Bonchev–Trinajstić information content (AvgIpc) is 2.83. The van der Waals surface area contributed by atoms with Gasteiger partial charge in [-0.05, 0) is 18.2 Å². The van der Waals surface area contributed by atoms with Crippen LogP contribution in [0.25, 0.3) is 10.1 Å². The third-order valence-corrected chi connectivity index (χ3v) is 4.12. The normalized spacial score (nSPS) is 12.3. The van der Waals surface area contributed by atoms with Crippen molar-refractivity contribution in [2.75, 3.05) is 13.6 Å². The highest BCUT2D eigenvalue weighted by atomic mass is 32.1. The Morgan fingerprint density at radius 1 is 1.45 bits per heavy atom. The van der Waals surface area contributed by atoms with Crippen LogP contribution in [0.3, 0.4) is 0 Å². The molecule has 1 aromatic heterocycles. The summed E-state index contributed by atoms with van der Waals surface area (Å²) in [6.45, 7) is 1.65. The van der Waals surface area contributed by atoms with Crippen LogP contribution in [0.4, 0.5) is 4.39 Å². The van der Waals surface area contributed by atoms with Crippen LogP contribution in [0.15, 0.2) is 24.3 Å². The highest BCUT2D eigenvalue weighted by molar-refractivity contribution is 7.20. The number of benzene rings is 1. The van der Waals surface area contributed by atoms with Crippen molar-refractivity contribution >= 4 is 33.3 Å². The van der Waals surface area contributed by atoms with Crippen LogP contribution in [0.1, 0.15) is 16.6 Å². The first-order valence-electron chi connectivity index (χ1n) is 6.06. The summed E-state index contributed by atoms with van der Waals surface area (Å²) in [5.41, 5.74) is 0. The number of amides is 1. The molecule has 0 aliphatic heterocycles. The van der Waals surface area contributed by atoms with Gasteiger partial charge in [0.1, 0.15) is 5.82 Å². The van der Waals surface area contributed by atoms with E-state index in [-0.39, 0.29) is 18.3 Å². The molecule has 0 saturated carbocycles. The summed E-state index contributed by atoms with van der Waals surface area (Å²) >= 11 is 1.20. The van der Waals surface area contributed by atoms with Crippen molar-refractivity contribution in [2.24, 2.45) is 5.92 Å². The second kappa shape index (κ2) is 5.58. The van der Waals surface area contributed by atoms with Crippen molar-refractivity contribution in [3.63, 3.8) is 0 Å². The van der Waals surface area contributed by atoms with Crippen molar-refractivity contribution in [3.05, 3.63) is 35.0 Å². The molecule has 1 heterocycles. The number of thiophene rings is 1. The molecule has 20 heavy (non-hydrogen) atoms. The smallest absolute Gasteiger partial charge is 0.308 e. The number of rotatable bonds is 4. The fraction of sp³-hybridized carbons (Fsp3) is 0.286. The Labute approximate surface area is 119 Å². The molecule has 1 N–H and O–H groups in total. The summed E-state index contributed by atoms with van der Waals surface area (Å²) in [6.07, 6.45) is 0. The maximum absolute atomic E-state index is 13.6. The summed E-state index contributed by atoms with van der Waals surface area (Å²) < 4.78 is 14.3. The number of aliphatic carboxylic acids is 1. The van der Waals surface area contributed by atoms with E-state index >= 15 is 0 Å². The molecule has 1 atom stereocenters. The van der Waals surface area contributed by atoms with Crippen LogP contribution in [0.5, 0.6) is 0 Å². The predicted octanol–water partition coefficient (Wildman–Crippen LogP) is 2.83. The fourth-order valence-electron chi connectivity index (χ4n) is 1.89. The van der Waals surface area contributed by atoms with Gasteiger partial charge < -0.3 is 10.0 Å². The quantitative estimate of drug-likeness (QED) is 0.943. The zero-order valence-electron chi connectivity index (χ0n) is 11.1. The van der Waals surface area contributed by atoms with E-state index in [0.29, 0.717) is 15.0 Å². The van der Waals surface area contributed by atoms with E-state index in [2.05, 4.69) is 0 Å². The third-order valence-electron chi connectivity index (χ3n) is 3.04. The average molecular weight is 295 g/mol. The standard InChI is InChI=1S/C14H14FNO3S/c1-8(14(18)19)7-16(2)13(17)12-6-9-10(15)4-3-5-11(9)20-12/h3-6,8H,7H2,1-2H3,(H,18,19). The first kappa shape index (κ1) is 14.5. The molecule has 0 saturated heterocycles. The van der Waals surface area contributed by atoms with E-state index in [9.17, 15) is 14.0 Å². The zero-order chi connectivity index (χ0) is 14.9. The summed E-state index contributed by atoms with van der Waals surface area (Å²) in [5.74, 6) is -2.25. The van der Waals surface area contributed by atoms with Gasteiger partial charge in [0.15, 0.2) is 0 Å². The largest absolute Gasteiger partial charge is 0.481 e. The highest BCUT2D eigenvalue weighted by Gasteiger charge is 2.20. The minimum Gasteiger partial charge on any atom is -0.481 e.